The molecule has 0 aromatic carbocycles. The predicted octanol–water partition coefficient (Wildman–Crippen LogP) is 1.95. The topological polar surface area (TPSA) is 48.7 Å². The van der Waals surface area contributed by atoms with Crippen LogP contribution in [0.4, 0.5) is 0 Å². The van der Waals surface area contributed by atoms with E-state index in [4.69, 9.17) is 5.26 Å². The highest BCUT2D eigenvalue weighted by Gasteiger charge is 2.13. The molecule has 0 radical (unpaired) electrons. The molecule has 0 saturated carbocycles. The third-order valence-corrected chi connectivity index (χ3v) is 2.02. The number of hydrogen-bond donors (Lipinski definition) is 1. The van der Waals surface area contributed by atoms with Crippen LogP contribution in [-0.2, 0) is 0 Å². The number of aryl methyl sites for hydroxylation is 1. The highest BCUT2D eigenvalue weighted by atomic mass is 14.9. The Morgan fingerprint density at radius 3 is 2.71 bits per heavy atom. The van der Waals surface area contributed by atoms with E-state index in [1.165, 1.54) is 0 Å². The van der Waals surface area contributed by atoms with Crippen LogP contribution in [0.15, 0.2) is 18.5 Å². The molecule has 1 unspecified atom stereocenters. The van der Waals surface area contributed by atoms with E-state index in [1.807, 2.05) is 26.8 Å². The van der Waals surface area contributed by atoms with Gasteiger partial charge < -0.3 is 0 Å². The number of pyridine rings is 1. The number of nitrogens with one attached hydrogen (secondary N) is 1. The summed E-state index contributed by atoms with van der Waals surface area (Å²) in [5, 5.41) is 12.2. The standard InChI is InChI=1S/C11H15N3/c1-8(2)14-11(6-12)10-7-13-5-4-9(10)3/h4-5,7-8,11,14H,1-3H3. The van der Waals surface area contributed by atoms with Crippen molar-refractivity contribution in [2.45, 2.75) is 32.9 Å². The summed E-state index contributed by atoms with van der Waals surface area (Å²) >= 11 is 0. The summed E-state index contributed by atoms with van der Waals surface area (Å²) in [6, 6.07) is 4.19. The smallest absolute Gasteiger partial charge is 0.123 e. The molecule has 0 aliphatic heterocycles. The van der Waals surface area contributed by atoms with Crippen molar-refractivity contribution in [2.24, 2.45) is 0 Å². The first kappa shape index (κ1) is 10.7. The first-order valence-electron chi connectivity index (χ1n) is 4.71. The van der Waals surface area contributed by atoms with E-state index in [0.717, 1.165) is 11.1 Å². The Morgan fingerprint density at radius 2 is 2.21 bits per heavy atom. The van der Waals surface area contributed by atoms with Gasteiger partial charge in [0.05, 0.1) is 6.07 Å². The van der Waals surface area contributed by atoms with Crippen molar-refractivity contribution < 1.29 is 0 Å². The molecule has 74 valence electrons. The van der Waals surface area contributed by atoms with Crippen LogP contribution in [-0.4, -0.2) is 11.0 Å². The molecule has 0 bridgehead atoms. The minimum absolute atomic E-state index is 0.260. The SMILES string of the molecule is Cc1ccncc1C(C#N)NC(C)C. The molecule has 14 heavy (non-hydrogen) atoms. The Bertz CT molecular complexity index is 339. The third kappa shape index (κ3) is 2.54. The Labute approximate surface area is 84.8 Å². The average Bonchev–Trinajstić information content (AvgIpc) is 2.15. The van der Waals surface area contributed by atoms with Gasteiger partial charge in [0, 0.05) is 24.0 Å². The van der Waals surface area contributed by atoms with Crippen molar-refractivity contribution in [3.05, 3.63) is 29.6 Å². The summed E-state index contributed by atoms with van der Waals surface area (Å²) in [7, 11) is 0. The molecule has 3 heteroatoms. The van der Waals surface area contributed by atoms with Gasteiger partial charge in [0.15, 0.2) is 0 Å². The normalized spacial score (nSPS) is 12.5. The van der Waals surface area contributed by atoms with Crippen LogP contribution < -0.4 is 5.32 Å². The van der Waals surface area contributed by atoms with Crippen LogP contribution in [0.2, 0.25) is 0 Å². The van der Waals surface area contributed by atoms with Gasteiger partial charge in [0.25, 0.3) is 0 Å². The lowest BCUT2D eigenvalue weighted by Gasteiger charge is -2.16. The fourth-order valence-electron chi connectivity index (χ4n) is 1.31. The van der Waals surface area contributed by atoms with Gasteiger partial charge in [-0.1, -0.05) is 0 Å². The Balaban J connectivity index is 2.91. The maximum atomic E-state index is 9.01. The van der Waals surface area contributed by atoms with E-state index >= 15 is 0 Å². The van der Waals surface area contributed by atoms with Crippen molar-refractivity contribution in [3.8, 4) is 6.07 Å². The number of nitrogens with zero attached hydrogens (tertiary/aromatic N) is 2. The second kappa shape index (κ2) is 4.73. The maximum absolute atomic E-state index is 9.01. The Morgan fingerprint density at radius 1 is 1.50 bits per heavy atom. The number of nitriles is 1. The van der Waals surface area contributed by atoms with Crippen molar-refractivity contribution in [1.82, 2.24) is 10.3 Å². The van der Waals surface area contributed by atoms with Gasteiger partial charge in [-0.05, 0) is 32.4 Å². The van der Waals surface area contributed by atoms with Crippen LogP contribution in [0.25, 0.3) is 0 Å². The van der Waals surface area contributed by atoms with Crippen LogP contribution in [0, 0.1) is 18.3 Å². The van der Waals surface area contributed by atoms with Gasteiger partial charge in [-0.2, -0.15) is 5.26 Å². The average molecular weight is 189 g/mol. The molecular weight excluding hydrogens is 174 g/mol. The number of hydrogen-bond acceptors (Lipinski definition) is 3. The van der Waals surface area contributed by atoms with E-state index in [9.17, 15) is 0 Å². The monoisotopic (exact) mass is 189 g/mol. The molecule has 1 atom stereocenters. The zero-order chi connectivity index (χ0) is 10.6. The molecule has 0 saturated heterocycles. The van der Waals surface area contributed by atoms with Gasteiger partial charge >= 0.3 is 0 Å². The lowest BCUT2D eigenvalue weighted by atomic mass is 10.0. The quantitative estimate of drug-likeness (QED) is 0.790. The second-order valence-electron chi connectivity index (χ2n) is 3.62. The van der Waals surface area contributed by atoms with Crippen molar-refractivity contribution in [1.29, 1.82) is 5.26 Å². The molecular formula is C11H15N3. The number of aromatic nitrogens is 1. The highest BCUT2D eigenvalue weighted by molar-refractivity contribution is 5.29. The first-order chi connectivity index (χ1) is 6.65. The molecule has 0 amide bonds. The van der Waals surface area contributed by atoms with E-state index in [1.54, 1.807) is 12.4 Å². The largest absolute Gasteiger partial charge is 0.296 e. The van der Waals surface area contributed by atoms with Crippen LogP contribution in [0.3, 0.4) is 0 Å². The minimum atomic E-state index is -0.260. The van der Waals surface area contributed by atoms with Crippen molar-refractivity contribution in [2.75, 3.05) is 0 Å². The summed E-state index contributed by atoms with van der Waals surface area (Å²) in [6.45, 7) is 6.04. The summed E-state index contributed by atoms with van der Waals surface area (Å²) in [5.74, 6) is 0. The van der Waals surface area contributed by atoms with Gasteiger partial charge in [-0.15, -0.1) is 0 Å². The van der Waals surface area contributed by atoms with Crippen LogP contribution in [0.1, 0.15) is 31.0 Å². The molecule has 1 heterocycles. The van der Waals surface area contributed by atoms with Gasteiger partial charge in [-0.25, -0.2) is 0 Å². The predicted molar refractivity (Wildman–Crippen MR) is 55.6 cm³/mol. The Kier molecular flexibility index (Phi) is 3.61. The van der Waals surface area contributed by atoms with Crippen molar-refractivity contribution >= 4 is 0 Å². The van der Waals surface area contributed by atoms with Gasteiger partial charge in [0.1, 0.15) is 6.04 Å². The van der Waals surface area contributed by atoms with E-state index < -0.39 is 0 Å². The van der Waals surface area contributed by atoms with Crippen LogP contribution >= 0.6 is 0 Å². The molecule has 1 aromatic heterocycles. The molecule has 1 N–H and O–H groups in total. The molecule has 3 nitrogen and oxygen atoms in total. The molecule has 0 aliphatic carbocycles. The fourth-order valence-corrected chi connectivity index (χ4v) is 1.31. The summed E-state index contributed by atoms with van der Waals surface area (Å²) in [6.07, 6.45) is 3.49. The lowest BCUT2D eigenvalue weighted by molar-refractivity contribution is 0.543. The Hall–Kier alpha value is -1.40. The maximum Gasteiger partial charge on any atom is 0.123 e. The van der Waals surface area contributed by atoms with E-state index in [2.05, 4.69) is 16.4 Å². The number of rotatable bonds is 3. The summed E-state index contributed by atoms with van der Waals surface area (Å²) < 4.78 is 0. The van der Waals surface area contributed by atoms with Gasteiger partial charge in [0.2, 0.25) is 0 Å². The zero-order valence-electron chi connectivity index (χ0n) is 8.78. The molecule has 1 aromatic rings. The molecule has 0 aliphatic rings. The van der Waals surface area contributed by atoms with Crippen LogP contribution in [0.5, 0.6) is 0 Å². The summed E-state index contributed by atoms with van der Waals surface area (Å²) in [4.78, 5) is 4.03. The minimum Gasteiger partial charge on any atom is -0.296 e. The zero-order valence-corrected chi connectivity index (χ0v) is 8.78. The fraction of sp³-hybridized carbons (Fsp3) is 0.455. The second-order valence-corrected chi connectivity index (χ2v) is 3.62. The van der Waals surface area contributed by atoms with Gasteiger partial charge in [-0.3, -0.25) is 10.3 Å². The lowest BCUT2D eigenvalue weighted by Crippen LogP contribution is -2.27. The van der Waals surface area contributed by atoms with Crippen molar-refractivity contribution in [3.63, 3.8) is 0 Å². The van der Waals surface area contributed by atoms with E-state index in [-0.39, 0.29) is 6.04 Å². The highest BCUT2D eigenvalue weighted by Crippen LogP contribution is 2.15. The molecule has 1 rings (SSSR count). The third-order valence-electron chi connectivity index (χ3n) is 2.02. The van der Waals surface area contributed by atoms with E-state index in [0.29, 0.717) is 6.04 Å². The molecule has 0 fully saturated rings. The molecule has 0 spiro atoms. The summed E-state index contributed by atoms with van der Waals surface area (Å²) in [5.41, 5.74) is 2.06. The first-order valence-corrected chi connectivity index (χ1v) is 4.71.